The molecule has 0 unspecified atom stereocenters. The summed E-state index contributed by atoms with van der Waals surface area (Å²) < 4.78 is 4.81. The third kappa shape index (κ3) is 3.82. The smallest absolute Gasteiger partial charge is 0.323 e. The van der Waals surface area contributed by atoms with E-state index in [-0.39, 0.29) is 12.0 Å². The number of ether oxygens (including phenoxy) is 1. The first-order valence-electron chi connectivity index (χ1n) is 5.99. The summed E-state index contributed by atoms with van der Waals surface area (Å²) in [4.78, 5) is 11.5. The summed E-state index contributed by atoms with van der Waals surface area (Å²) in [6.45, 7) is 4.11. The lowest BCUT2D eigenvalue weighted by atomic mass is 9.93. The number of methoxy groups -OCH3 is 1. The van der Waals surface area contributed by atoms with Gasteiger partial charge in [0.05, 0.1) is 7.11 Å². The molecule has 15 heavy (non-hydrogen) atoms. The van der Waals surface area contributed by atoms with Gasteiger partial charge >= 0.3 is 5.97 Å². The third-order valence-corrected chi connectivity index (χ3v) is 3.14. The molecule has 1 atom stereocenters. The second-order valence-corrected chi connectivity index (χ2v) is 4.75. The van der Waals surface area contributed by atoms with Crippen LogP contribution in [0.5, 0.6) is 0 Å². The minimum Gasteiger partial charge on any atom is -0.468 e. The highest BCUT2D eigenvalue weighted by Gasteiger charge is 2.26. The van der Waals surface area contributed by atoms with Crippen LogP contribution >= 0.6 is 0 Å². The predicted octanol–water partition coefficient (Wildman–Crippen LogP) is 2.11. The topological polar surface area (TPSA) is 38.3 Å². The van der Waals surface area contributed by atoms with Crippen molar-refractivity contribution in [2.24, 2.45) is 5.92 Å². The van der Waals surface area contributed by atoms with E-state index in [1.54, 1.807) is 0 Å². The highest BCUT2D eigenvalue weighted by Crippen LogP contribution is 2.19. The number of nitrogens with one attached hydrogen (secondary N) is 1. The molecule has 0 aromatic rings. The fourth-order valence-electron chi connectivity index (χ4n) is 2.18. The molecule has 0 amide bonds. The van der Waals surface area contributed by atoms with Gasteiger partial charge in [-0.2, -0.15) is 0 Å². The third-order valence-electron chi connectivity index (χ3n) is 3.14. The van der Waals surface area contributed by atoms with E-state index in [1.807, 2.05) is 0 Å². The summed E-state index contributed by atoms with van der Waals surface area (Å²) in [7, 11) is 1.46. The van der Waals surface area contributed by atoms with Crippen molar-refractivity contribution in [3.8, 4) is 0 Å². The molecule has 0 aromatic carbocycles. The number of carbonyl (C=O) groups excluding carboxylic acids is 1. The van der Waals surface area contributed by atoms with Crippen molar-refractivity contribution in [1.82, 2.24) is 5.32 Å². The molecular formula is C12H23NO2. The average molecular weight is 213 g/mol. The number of carbonyl (C=O) groups is 1. The van der Waals surface area contributed by atoms with Gasteiger partial charge in [0.15, 0.2) is 0 Å². The molecule has 1 aliphatic carbocycles. The van der Waals surface area contributed by atoms with Crippen LogP contribution < -0.4 is 5.32 Å². The Balaban J connectivity index is 2.46. The molecule has 1 saturated carbocycles. The molecule has 0 aromatic heterocycles. The lowest BCUT2D eigenvalue weighted by molar-refractivity contribution is -0.144. The Bertz CT molecular complexity index is 198. The van der Waals surface area contributed by atoms with E-state index in [1.165, 1.54) is 39.2 Å². The van der Waals surface area contributed by atoms with Crippen LogP contribution in [-0.2, 0) is 9.53 Å². The van der Waals surface area contributed by atoms with E-state index in [0.29, 0.717) is 12.0 Å². The zero-order valence-corrected chi connectivity index (χ0v) is 10.1. The molecule has 3 heteroatoms. The molecule has 0 heterocycles. The van der Waals surface area contributed by atoms with Crippen LogP contribution in [0, 0.1) is 5.92 Å². The standard InChI is InChI=1S/C12H23NO2/c1-9(2)11(12(14)15-3)13-10-7-5-4-6-8-10/h9-11,13H,4-8H2,1-3H3/t11-/m0/s1. The molecule has 1 aliphatic rings. The molecule has 3 nitrogen and oxygen atoms in total. The van der Waals surface area contributed by atoms with E-state index in [2.05, 4.69) is 19.2 Å². The van der Waals surface area contributed by atoms with Crippen LogP contribution in [-0.4, -0.2) is 25.2 Å². The van der Waals surface area contributed by atoms with Crippen LogP contribution in [0.4, 0.5) is 0 Å². The summed E-state index contributed by atoms with van der Waals surface area (Å²) in [5, 5.41) is 3.43. The zero-order valence-electron chi connectivity index (χ0n) is 10.1. The van der Waals surface area contributed by atoms with Crippen LogP contribution in [0.25, 0.3) is 0 Å². The molecule has 0 saturated heterocycles. The van der Waals surface area contributed by atoms with Crippen LogP contribution in [0.1, 0.15) is 46.0 Å². The highest BCUT2D eigenvalue weighted by atomic mass is 16.5. The van der Waals surface area contributed by atoms with Crippen LogP contribution in [0.2, 0.25) is 0 Å². The average Bonchev–Trinajstić information content (AvgIpc) is 2.26. The van der Waals surface area contributed by atoms with E-state index in [4.69, 9.17) is 4.74 Å². The summed E-state index contributed by atoms with van der Waals surface area (Å²) >= 11 is 0. The van der Waals surface area contributed by atoms with Crippen molar-refractivity contribution < 1.29 is 9.53 Å². The molecule has 1 fully saturated rings. The van der Waals surface area contributed by atoms with Gasteiger partial charge in [0.2, 0.25) is 0 Å². The summed E-state index contributed by atoms with van der Waals surface area (Å²) in [5.41, 5.74) is 0. The number of hydrogen-bond donors (Lipinski definition) is 1. The number of hydrogen-bond acceptors (Lipinski definition) is 3. The van der Waals surface area contributed by atoms with Crippen molar-refractivity contribution in [2.75, 3.05) is 7.11 Å². The second-order valence-electron chi connectivity index (χ2n) is 4.75. The maximum atomic E-state index is 11.5. The van der Waals surface area contributed by atoms with Gasteiger partial charge in [0, 0.05) is 6.04 Å². The van der Waals surface area contributed by atoms with E-state index in [0.717, 1.165) is 0 Å². The van der Waals surface area contributed by atoms with Crippen molar-refractivity contribution in [2.45, 2.75) is 58.0 Å². The van der Waals surface area contributed by atoms with Crippen LogP contribution in [0.15, 0.2) is 0 Å². The van der Waals surface area contributed by atoms with Gasteiger partial charge in [-0.15, -0.1) is 0 Å². The Morgan fingerprint density at radius 3 is 2.33 bits per heavy atom. The maximum absolute atomic E-state index is 11.5. The molecule has 0 spiro atoms. The predicted molar refractivity (Wildman–Crippen MR) is 60.7 cm³/mol. The first kappa shape index (κ1) is 12.5. The van der Waals surface area contributed by atoms with Gasteiger partial charge in [-0.3, -0.25) is 4.79 Å². The van der Waals surface area contributed by atoms with Crippen molar-refractivity contribution >= 4 is 5.97 Å². The Morgan fingerprint density at radius 2 is 1.87 bits per heavy atom. The summed E-state index contributed by atoms with van der Waals surface area (Å²) in [5.74, 6) is 0.162. The van der Waals surface area contributed by atoms with Gasteiger partial charge in [-0.05, 0) is 18.8 Å². The minimum absolute atomic E-state index is 0.129. The quantitative estimate of drug-likeness (QED) is 0.727. The van der Waals surface area contributed by atoms with E-state index >= 15 is 0 Å². The first-order chi connectivity index (χ1) is 7.15. The maximum Gasteiger partial charge on any atom is 0.323 e. The second kappa shape index (κ2) is 6.11. The normalized spacial score (nSPS) is 20.3. The molecule has 0 aliphatic heterocycles. The van der Waals surface area contributed by atoms with Gasteiger partial charge in [-0.1, -0.05) is 33.1 Å². The van der Waals surface area contributed by atoms with Gasteiger partial charge in [-0.25, -0.2) is 0 Å². The Kier molecular flexibility index (Phi) is 5.09. The molecule has 88 valence electrons. The van der Waals surface area contributed by atoms with Crippen molar-refractivity contribution in [3.05, 3.63) is 0 Å². The van der Waals surface area contributed by atoms with Gasteiger partial charge in [0.1, 0.15) is 6.04 Å². The highest BCUT2D eigenvalue weighted by molar-refractivity contribution is 5.75. The molecule has 1 rings (SSSR count). The molecule has 1 N–H and O–H groups in total. The lowest BCUT2D eigenvalue weighted by Gasteiger charge is -2.29. The van der Waals surface area contributed by atoms with Crippen molar-refractivity contribution in [3.63, 3.8) is 0 Å². The molecule has 0 radical (unpaired) electrons. The Labute approximate surface area is 92.6 Å². The Morgan fingerprint density at radius 1 is 1.27 bits per heavy atom. The van der Waals surface area contributed by atoms with Crippen LogP contribution in [0.3, 0.4) is 0 Å². The van der Waals surface area contributed by atoms with E-state index in [9.17, 15) is 4.79 Å². The monoisotopic (exact) mass is 213 g/mol. The molecular weight excluding hydrogens is 190 g/mol. The fourth-order valence-corrected chi connectivity index (χ4v) is 2.18. The van der Waals surface area contributed by atoms with Gasteiger partial charge < -0.3 is 10.1 Å². The van der Waals surface area contributed by atoms with Gasteiger partial charge in [0.25, 0.3) is 0 Å². The Hall–Kier alpha value is -0.570. The zero-order chi connectivity index (χ0) is 11.3. The first-order valence-corrected chi connectivity index (χ1v) is 5.99. The molecule has 0 bridgehead atoms. The number of rotatable bonds is 4. The fraction of sp³-hybridized carbons (Fsp3) is 0.917. The summed E-state index contributed by atoms with van der Waals surface area (Å²) in [6, 6.07) is 0.364. The minimum atomic E-state index is -0.141. The van der Waals surface area contributed by atoms with E-state index < -0.39 is 0 Å². The summed E-state index contributed by atoms with van der Waals surface area (Å²) in [6.07, 6.45) is 6.29. The number of esters is 1. The van der Waals surface area contributed by atoms with Crippen molar-refractivity contribution in [1.29, 1.82) is 0 Å². The largest absolute Gasteiger partial charge is 0.468 e. The lowest BCUT2D eigenvalue weighted by Crippen LogP contribution is -2.47. The SMILES string of the molecule is COC(=O)[C@@H](NC1CCCCC1)C(C)C.